The van der Waals surface area contributed by atoms with Crippen molar-refractivity contribution in [3.63, 3.8) is 0 Å². The number of ether oxygens (including phenoxy) is 5. The van der Waals surface area contributed by atoms with Crippen molar-refractivity contribution in [3.05, 3.63) is 141 Å². The minimum absolute atomic E-state index is 0.0134. The molecule has 8 aliphatic rings. The number of nitrogens with zero attached hydrogens (tertiary/aromatic N) is 5. The van der Waals surface area contributed by atoms with Gasteiger partial charge >= 0.3 is 6.09 Å². The van der Waals surface area contributed by atoms with E-state index in [1.807, 2.05) is 95.5 Å². The van der Waals surface area contributed by atoms with Gasteiger partial charge in [0.05, 0.1) is 33.0 Å². The summed E-state index contributed by atoms with van der Waals surface area (Å²) in [6, 6.07) is 29.3. The van der Waals surface area contributed by atoms with E-state index in [4.69, 9.17) is 29.4 Å². The molecule has 3 aromatic carbocycles. The number of fused-ring (bicyclic) bond motifs is 6. The van der Waals surface area contributed by atoms with Gasteiger partial charge in [-0.3, -0.25) is 9.59 Å². The second kappa shape index (κ2) is 20.6. The third-order valence-electron chi connectivity index (χ3n) is 17.3. The summed E-state index contributed by atoms with van der Waals surface area (Å²) in [6.07, 6.45) is 10.8. The maximum absolute atomic E-state index is 13.6. The molecule has 7 aromatic rings. The zero-order valence-corrected chi connectivity index (χ0v) is 46.4. The number of hydrogen-bond donors (Lipinski definition) is 5. The standard InChI is InChI=1S/C38H45N5O6.C24H27N5O2/c1-36(2,3)49-35(45)43-23-37(24-48-28-16-26-8-7-15-42(26)33(44)18-28)20-38(43,21-37)22-41-31-10-6-9-30-29(31)13-14-39-34(30)40-19-25-11-12-27(46-4)17-32(25)47-5;25-22-19-4-1-5-20(18(19)6-7-26-22)27-14-24-11-23(12-24,13-28-24)15-31-17-9-16-3-2-8-29(16)21(30)10-17/h6,9-14,16-18,41H,7-8,15,19-24H2,1-5H3,(H,39,40);1,4-7,9-10,27-28H,2-3,8,11-15H2,(H2,25,26). The van der Waals surface area contributed by atoms with Crippen LogP contribution in [0.15, 0.2) is 113 Å². The first kappa shape index (κ1) is 52.7. The molecule has 418 valence electrons. The third-order valence-corrected chi connectivity index (χ3v) is 17.3. The van der Waals surface area contributed by atoms with E-state index >= 15 is 0 Å². The molecule has 4 aromatic heterocycles. The number of methoxy groups -OCH3 is 2. The number of anilines is 4. The molecule has 6 aliphatic heterocycles. The number of nitrogens with one attached hydrogen (secondary N) is 4. The second-order valence-electron chi connectivity index (χ2n) is 24.2. The van der Waals surface area contributed by atoms with Gasteiger partial charge in [-0.15, -0.1) is 0 Å². The number of aryl methyl sites for hydroxylation is 2. The Balaban J connectivity index is 0.000000176. The summed E-state index contributed by atoms with van der Waals surface area (Å²) < 4.78 is 32.9. The van der Waals surface area contributed by atoms with Gasteiger partial charge in [-0.2, -0.15) is 0 Å². The number of hydrogen-bond acceptors (Lipinski definition) is 15. The van der Waals surface area contributed by atoms with Crippen LogP contribution in [-0.4, -0.2) is 100 Å². The molecule has 6 fully saturated rings. The number of nitrogens with two attached hydrogens (primary N) is 1. The Morgan fingerprint density at radius 3 is 1.96 bits per heavy atom. The van der Waals surface area contributed by atoms with Gasteiger partial charge in [0.2, 0.25) is 0 Å². The minimum atomic E-state index is -0.614. The van der Waals surface area contributed by atoms with Crippen molar-refractivity contribution in [2.24, 2.45) is 10.8 Å². The SMILES string of the molecule is COc1ccc(CNc2nccc3c(NCC45CC(COc6cc7n(c(=O)c6)CCC7)(CN4C(=O)OC(C)(C)C)C5)cccc23)c(OC)c1.Nc1nccc2c(NCC34CC(COc5cc6n(c(=O)c5)CCC6)(CN3)C4)cccc12. The molecular formula is C62H72N10O8. The molecule has 0 radical (unpaired) electrons. The van der Waals surface area contributed by atoms with E-state index in [0.717, 1.165) is 150 Å². The number of nitrogen functional groups attached to an aromatic ring is 1. The van der Waals surface area contributed by atoms with Crippen LogP contribution in [0.2, 0.25) is 0 Å². The van der Waals surface area contributed by atoms with Crippen LogP contribution < -0.4 is 57.1 Å². The molecule has 1 amide bonds. The highest BCUT2D eigenvalue weighted by Gasteiger charge is 2.67. The summed E-state index contributed by atoms with van der Waals surface area (Å²) in [4.78, 5) is 49.2. The van der Waals surface area contributed by atoms with Crippen molar-refractivity contribution in [2.75, 3.05) is 75.3 Å². The molecule has 0 spiro atoms. The highest BCUT2D eigenvalue weighted by atomic mass is 16.6. The fourth-order valence-electron chi connectivity index (χ4n) is 13.7. The van der Waals surface area contributed by atoms with Gasteiger partial charge in [0.15, 0.2) is 0 Å². The number of carbonyl (C=O) groups is 1. The van der Waals surface area contributed by atoms with Gasteiger partial charge in [0, 0.05) is 143 Å². The first-order valence-electron chi connectivity index (χ1n) is 28.0. The van der Waals surface area contributed by atoms with Gasteiger partial charge in [-0.25, -0.2) is 14.8 Å². The fraction of sp³-hybridized carbons (Fsp3) is 0.435. The molecular weight excluding hydrogens is 1010 g/mol. The lowest BCUT2D eigenvalue weighted by Crippen LogP contribution is -2.57. The first-order chi connectivity index (χ1) is 38.5. The summed E-state index contributed by atoms with van der Waals surface area (Å²) in [5.74, 6) is 4.13. The summed E-state index contributed by atoms with van der Waals surface area (Å²) in [5, 5.41) is 18.6. The molecule has 4 bridgehead atoms. The topological polar surface area (TPSA) is 210 Å². The van der Waals surface area contributed by atoms with Crippen LogP contribution in [0.1, 0.15) is 76.2 Å². The molecule has 6 N–H and O–H groups in total. The Kier molecular flexibility index (Phi) is 13.6. The van der Waals surface area contributed by atoms with E-state index in [1.165, 1.54) is 0 Å². The minimum Gasteiger partial charge on any atom is -0.497 e. The Labute approximate surface area is 465 Å². The molecule has 10 heterocycles. The normalized spacial score (nSPS) is 22.8. The number of benzene rings is 3. The maximum Gasteiger partial charge on any atom is 0.410 e. The van der Waals surface area contributed by atoms with Gasteiger partial charge < -0.3 is 64.7 Å². The van der Waals surface area contributed by atoms with Crippen molar-refractivity contribution in [3.8, 4) is 23.0 Å². The van der Waals surface area contributed by atoms with Crippen LogP contribution >= 0.6 is 0 Å². The van der Waals surface area contributed by atoms with Gasteiger partial charge in [0.1, 0.15) is 40.2 Å². The summed E-state index contributed by atoms with van der Waals surface area (Å²) in [7, 11) is 3.28. The van der Waals surface area contributed by atoms with Crippen LogP contribution in [0, 0.1) is 10.8 Å². The fourth-order valence-corrected chi connectivity index (χ4v) is 13.7. The van der Waals surface area contributed by atoms with Crippen LogP contribution in [0.4, 0.5) is 27.8 Å². The molecule has 0 unspecified atom stereocenters. The molecule has 2 saturated carbocycles. The van der Waals surface area contributed by atoms with Crippen LogP contribution in [0.3, 0.4) is 0 Å². The van der Waals surface area contributed by atoms with Crippen LogP contribution in [0.5, 0.6) is 23.0 Å². The predicted molar refractivity (Wildman–Crippen MR) is 311 cm³/mol. The Morgan fingerprint density at radius 2 is 1.31 bits per heavy atom. The number of pyridine rings is 4. The summed E-state index contributed by atoms with van der Waals surface area (Å²) >= 11 is 0. The van der Waals surface area contributed by atoms with E-state index in [1.54, 1.807) is 38.7 Å². The lowest BCUT2D eigenvalue weighted by atomic mass is 9.62. The molecule has 2 aliphatic carbocycles. The lowest BCUT2D eigenvalue weighted by Gasteiger charge is -2.47. The largest absolute Gasteiger partial charge is 0.497 e. The van der Waals surface area contributed by atoms with E-state index < -0.39 is 11.1 Å². The van der Waals surface area contributed by atoms with E-state index in [-0.39, 0.29) is 33.6 Å². The zero-order chi connectivity index (χ0) is 55.4. The molecule has 4 saturated heterocycles. The van der Waals surface area contributed by atoms with Gasteiger partial charge in [0.25, 0.3) is 11.1 Å². The predicted octanol–water partition coefficient (Wildman–Crippen LogP) is 8.77. The van der Waals surface area contributed by atoms with Crippen LogP contribution in [-0.2, 0) is 37.2 Å². The van der Waals surface area contributed by atoms with Crippen molar-refractivity contribution in [1.82, 2.24) is 29.3 Å². The molecule has 0 atom stereocenters. The van der Waals surface area contributed by atoms with Gasteiger partial charge in [-0.05, 0) is 121 Å². The smallest absolute Gasteiger partial charge is 0.410 e. The third kappa shape index (κ3) is 10.2. The van der Waals surface area contributed by atoms with Crippen molar-refractivity contribution in [2.45, 2.75) is 108 Å². The maximum atomic E-state index is 13.6. The lowest BCUT2D eigenvalue weighted by molar-refractivity contribution is 0.000948. The first-order valence-corrected chi connectivity index (χ1v) is 28.0. The summed E-state index contributed by atoms with van der Waals surface area (Å²) in [5.41, 5.74) is 10.2. The molecule has 18 nitrogen and oxygen atoms in total. The van der Waals surface area contributed by atoms with E-state index in [0.29, 0.717) is 44.4 Å². The second-order valence-corrected chi connectivity index (χ2v) is 24.2. The van der Waals surface area contributed by atoms with Crippen molar-refractivity contribution < 1.29 is 28.5 Å². The Morgan fingerprint density at radius 1 is 0.688 bits per heavy atom. The highest BCUT2D eigenvalue weighted by Crippen LogP contribution is 2.60. The quantitative estimate of drug-likeness (QED) is 0.0577. The van der Waals surface area contributed by atoms with Crippen LogP contribution in [0.25, 0.3) is 21.5 Å². The molecule has 18 heteroatoms. The van der Waals surface area contributed by atoms with E-state index in [9.17, 15) is 14.4 Å². The number of aromatic nitrogens is 4. The number of rotatable bonds is 17. The van der Waals surface area contributed by atoms with Crippen molar-refractivity contribution in [1.29, 1.82) is 0 Å². The number of amides is 1. The van der Waals surface area contributed by atoms with Crippen molar-refractivity contribution >= 4 is 50.6 Å². The monoisotopic (exact) mass is 1080 g/mol. The zero-order valence-electron chi connectivity index (χ0n) is 46.4. The van der Waals surface area contributed by atoms with E-state index in [2.05, 4.69) is 49.4 Å². The average molecular weight is 1090 g/mol. The Hall–Kier alpha value is -7.99. The van der Waals surface area contributed by atoms with Gasteiger partial charge in [-0.1, -0.05) is 24.3 Å². The number of carbonyl (C=O) groups excluding carboxylic acids is 1. The molecule has 15 rings (SSSR count). The Bertz CT molecular complexity index is 3630. The highest BCUT2D eigenvalue weighted by molar-refractivity contribution is 6.00. The average Bonchev–Trinajstić information content (AvgIpc) is 4.49. The molecule has 80 heavy (non-hydrogen) atoms. The summed E-state index contributed by atoms with van der Waals surface area (Å²) in [6.45, 7) is 11.8.